The van der Waals surface area contributed by atoms with E-state index in [0.717, 1.165) is 13.1 Å². The molecule has 0 bridgehead atoms. The molecule has 0 spiro atoms. The van der Waals surface area contributed by atoms with Crippen LogP contribution in [0, 0.1) is 5.92 Å². The highest BCUT2D eigenvalue weighted by Crippen LogP contribution is 1.85. The van der Waals surface area contributed by atoms with Crippen LogP contribution in [-0.2, 0) is 0 Å². The molecule has 0 heterocycles. The molecular formula is C7H17N3O. The van der Waals surface area contributed by atoms with Crippen LogP contribution in [0.25, 0.3) is 0 Å². The fourth-order valence-electron chi connectivity index (χ4n) is 0.665. The van der Waals surface area contributed by atoms with E-state index in [0.29, 0.717) is 12.5 Å². The van der Waals surface area contributed by atoms with Gasteiger partial charge in [-0.05, 0) is 12.5 Å². The zero-order valence-electron chi connectivity index (χ0n) is 7.18. The standard InChI is InChI=1S/C7H17N3O/c1-6(2)5-9-3-4-10-7(8)11/h6,9H,3-5H2,1-2H3,(H3,8,10,11). The van der Waals surface area contributed by atoms with Crippen molar-refractivity contribution < 1.29 is 4.79 Å². The quantitative estimate of drug-likeness (QED) is 0.490. The SMILES string of the molecule is CC(C)CNCCNC(N)=O. The Labute approximate surface area is 67.5 Å². The number of nitrogens with two attached hydrogens (primary N) is 1. The van der Waals surface area contributed by atoms with E-state index in [9.17, 15) is 4.79 Å². The average molecular weight is 159 g/mol. The lowest BCUT2D eigenvalue weighted by Gasteiger charge is -2.06. The summed E-state index contributed by atoms with van der Waals surface area (Å²) in [5, 5.41) is 5.67. The van der Waals surface area contributed by atoms with Gasteiger partial charge in [-0.1, -0.05) is 13.8 Å². The van der Waals surface area contributed by atoms with E-state index in [1.807, 2.05) is 0 Å². The lowest BCUT2D eigenvalue weighted by Crippen LogP contribution is -2.36. The molecule has 2 amide bonds. The molecule has 0 saturated heterocycles. The van der Waals surface area contributed by atoms with Gasteiger partial charge in [-0.3, -0.25) is 0 Å². The molecule has 11 heavy (non-hydrogen) atoms. The van der Waals surface area contributed by atoms with Crippen LogP contribution < -0.4 is 16.4 Å². The van der Waals surface area contributed by atoms with Crippen LogP contribution in [0.15, 0.2) is 0 Å². The summed E-state index contributed by atoms with van der Waals surface area (Å²) in [6.45, 7) is 6.62. The summed E-state index contributed by atoms with van der Waals surface area (Å²) in [7, 11) is 0. The summed E-state index contributed by atoms with van der Waals surface area (Å²) in [5.41, 5.74) is 4.86. The maximum absolute atomic E-state index is 10.2. The van der Waals surface area contributed by atoms with Gasteiger partial charge in [0.05, 0.1) is 0 Å². The summed E-state index contributed by atoms with van der Waals surface area (Å²) < 4.78 is 0. The van der Waals surface area contributed by atoms with E-state index < -0.39 is 6.03 Å². The third-order valence-electron chi connectivity index (χ3n) is 1.15. The second-order valence-corrected chi connectivity index (χ2v) is 2.89. The van der Waals surface area contributed by atoms with Crippen LogP contribution in [0.2, 0.25) is 0 Å². The number of carbonyl (C=O) groups excluding carboxylic acids is 1. The zero-order valence-corrected chi connectivity index (χ0v) is 7.18. The van der Waals surface area contributed by atoms with Crippen molar-refractivity contribution in [2.45, 2.75) is 13.8 Å². The Hall–Kier alpha value is -0.770. The largest absolute Gasteiger partial charge is 0.352 e. The molecule has 0 aromatic heterocycles. The van der Waals surface area contributed by atoms with E-state index in [4.69, 9.17) is 5.73 Å². The lowest BCUT2D eigenvalue weighted by molar-refractivity contribution is 0.249. The molecule has 0 fully saturated rings. The van der Waals surface area contributed by atoms with Crippen LogP contribution in [0.4, 0.5) is 4.79 Å². The number of urea groups is 1. The Morgan fingerprint density at radius 2 is 2.09 bits per heavy atom. The molecule has 0 rings (SSSR count). The van der Waals surface area contributed by atoms with Gasteiger partial charge in [0.25, 0.3) is 0 Å². The van der Waals surface area contributed by atoms with Crippen LogP contribution in [0.3, 0.4) is 0 Å². The summed E-state index contributed by atoms with van der Waals surface area (Å²) >= 11 is 0. The molecule has 66 valence electrons. The fourth-order valence-corrected chi connectivity index (χ4v) is 0.665. The summed E-state index contributed by atoms with van der Waals surface area (Å²) in [5.74, 6) is 0.642. The van der Waals surface area contributed by atoms with Gasteiger partial charge in [0.15, 0.2) is 0 Å². The number of rotatable bonds is 5. The molecule has 0 aromatic carbocycles. The van der Waals surface area contributed by atoms with Crippen molar-refractivity contribution in [2.75, 3.05) is 19.6 Å². The van der Waals surface area contributed by atoms with Crippen LogP contribution in [-0.4, -0.2) is 25.7 Å². The first kappa shape index (κ1) is 10.2. The monoisotopic (exact) mass is 159 g/mol. The topological polar surface area (TPSA) is 67.2 Å². The maximum Gasteiger partial charge on any atom is 0.312 e. The molecule has 0 saturated carbocycles. The third-order valence-corrected chi connectivity index (χ3v) is 1.15. The van der Waals surface area contributed by atoms with Crippen molar-refractivity contribution in [3.8, 4) is 0 Å². The Balaban J connectivity index is 2.97. The molecule has 0 radical (unpaired) electrons. The third kappa shape index (κ3) is 9.23. The molecular weight excluding hydrogens is 142 g/mol. The second kappa shape index (κ2) is 5.97. The molecule has 4 nitrogen and oxygen atoms in total. The normalized spacial score (nSPS) is 10.1. The highest BCUT2D eigenvalue weighted by atomic mass is 16.2. The van der Waals surface area contributed by atoms with Gasteiger partial charge in [0.1, 0.15) is 0 Å². The summed E-state index contributed by atoms with van der Waals surface area (Å²) in [6.07, 6.45) is 0. The van der Waals surface area contributed by atoms with E-state index >= 15 is 0 Å². The fraction of sp³-hybridized carbons (Fsp3) is 0.857. The van der Waals surface area contributed by atoms with Crippen LogP contribution in [0.5, 0.6) is 0 Å². The molecule has 0 aliphatic heterocycles. The molecule has 0 aromatic rings. The molecule has 0 aliphatic rings. The summed E-state index contributed by atoms with van der Waals surface area (Å²) in [4.78, 5) is 10.2. The number of amides is 2. The second-order valence-electron chi connectivity index (χ2n) is 2.89. The van der Waals surface area contributed by atoms with Crippen molar-refractivity contribution in [3.63, 3.8) is 0 Å². The Morgan fingerprint density at radius 1 is 1.45 bits per heavy atom. The van der Waals surface area contributed by atoms with E-state index in [2.05, 4.69) is 24.5 Å². The van der Waals surface area contributed by atoms with Crippen molar-refractivity contribution in [1.29, 1.82) is 0 Å². The van der Waals surface area contributed by atoms with Crippen LogP contribution in [0.1, 0.15) is 13.8 Å². The predicted octanol–water partition coefficient (Wildman–Crippen LogP) is -0.0997. The van der Waals surface area contributed by atoms with Gasteiger partial charge >= 0.3 is 6.03 Å². The number of carbonyl (C=O) groups is 1. The number of hydrogen-bond donors (Lipinski definition) is 3. The van der Waals surface area contributed by atoms with Gasteiger partial charge in [-0.25, -0.2) is 4.79 Å². The maximum atomic E-state index is 10.2. The first-order chi connectivity index (χ1) is 5.13. The summed E-state index contributed by atoms with van der Waals surface area (Å²) in [6, 6.07) is -0.462. The van der Waals surface area contributed by atoms with Crippen molar-refractivity contribution in [1.82, 2.24) is 10.6 Å². The van der Waals surface area contributed by atoms with Crippen molar-refractivity contribution in [2.24, 2.45) is 11.7 Å². The minimum absolute atomic E-state index is 0.462. The van der Waals surface area contributed by atoms with Gasteiger partial charge in [0.2, 0.25) is 0 Å². The number of primary amides is 1. The highest BCUT2D eigenvalue weighted by Gasteiger charge is 1.92. The Bertz CT molecular complexity index is 114. The molecule has 4 heteroatoms. The van der Waals surface area contributed by atoms with Gasteiger partial charge in [-0.2, -0.15) is 0 Å². The number of hydrogen-bond acceptors (Lipinski definition) is 2. The first-order valence-corrected chi connectivity index (χ1v) is 3.87. The highest BCUT2D eigenvalue weighted by molar-refractivity contribution is 5.71. The lowest BCUT2D eigenvalue weighted by atomic mass is 10.2. The average Bonchev–Trinajstić information content (AvgIpc) is 1.85. The first-order valence-electron chi connectivity index (χ1n) is 3.87. The van der Waals surface area contributed by atoms with Crippen molar-refractivity contribution >= 4 is 6.03 Å². The molecule has 0 atom stereocenters. The molecule has 0 unspecified atom stereocenters. The molecule has 0 aliphatic carbocycles. The smallest absolute Gasteiger partial charge is 0.312 e. The van der Waals surface area contributed by atoms with Gasteiger partial charge in [0, 0.05) is 13.1 Å². The predicted molar refractivity (Wildman–Crippen MR) is 45.3 cm³/mol. The zero-order chi connectivity index (χ0) is 8.69. The van der Waals surface area contributed by atoms with Gasteiger partial charge in [-0.15, -0.1) is 0 Å². The minimum atomic E-state index is -0.462. The van der Waals surface area contributed by atoms with Gasteiger partial charge < -0.3 is 16.4 Å². The van der Waals surface area contributed by atoms with Crippen LogP contribution >= 0.6 is 0 Å². The number of nitrogens with one attached hydrogen (secondary N) is 2. The Kier molecular flexibility index (Phi) is 5.56. The van der Waals surface area contributed by atoms with Crippen molar-refractivity contribution in [3.05, 3.63) is 0 Å². The molecule has 4 N–H and O–H groups in total. The van der Waals surface area contributed by atoms with E-state index in [-0.39, 0.29) is 0 Å². The minimum Gasteiger partial charge on any atom is -0.352 e. The van der Waals surface area contributed by atoms with E-state index in [1.165, 1.54) is 0 Å². The Morgan fingerprint density at radius 3 is 2.55 bits per heavy atom. The van der Waals surface area contributed by atoms with E-state index in [1.54, 1.807) is 0 Å².